The summed E-state index contributed by atoms with van der Waals surface area (Å²) in [5.74, 6) is -1.89. The number of nitrogen functional groups attached to an aromatic ring is 1. The number of nitrogens with zero attached hydrogens (tertiary/aromatic N) is 4. The number of imidazole rings is 1. The fourth-order valence-corrected chi connectivity index (χ4v) is 4.35. The van der Waals surface area contributed by atoms with E-state index in [2.05, 4.69) is 15.2 Å². The van der Waals surface area contributed by atoms with Crippen LogP contribution in [0, 0.1) is 22.1 Å². The largest absolute Gasteiger partial charge is 0.507 e. The molecule has 0 unspecified atom stereocenters. The van der Waals surface area contributed by atoms with Gasteiger partial charge in [-0.15, -0.1) is 0 Å². The Morgan fingerprint density at radius 3 is 2.48 bits per heavy atom. The third-order valence-electron chi connectivity index (χ3n) is 6.68. The van der Waals surface area contributed by atoms with E-state index in [1.165, 1.54) is 12.1 Å². The van der Waals surface area contributed by atoms with E-state index in [4.69, 9.17) is 26.7 Å². The van der Waals surface area contributed by atoms with E-state index in [9.17, 15) is 9.90 Å². The third kappa shape index (κ3) is 6.35. The number of nitrogens with two attached hydrogens (primary N) is 1. The summed E-state index contributed by atoms with van der Waals surface area (Å²) >= 11 is 0. The van der Waals surface area contributed by atoms with Crippen LogP contribution >= 0.6 is 0 Å². The molecule has 0 saturated carbocycles. The summed E-state index contributed by atoms with van der Waals surface area (Å²) in [4.78, 5) is 20.5. The second kappa shape index (κ2) is 12.5. The van der Waals surface area contributed by atoms with Gasteiger partial charge < -0.3 is 30.9 Å². The zero-order valence-corrected chi connectivity index (χ0v) is 22.6. The molecule has 0 bridgehead atoms. The molecule has 0 atom stereocenters. The number of phenols is 1. The first kappa shape index (κ1) is 28.5. The second-order valence-electron chi connectivity index (χ2n) is 9.75. The minimum absolute atomic E-state index is 0.0409. The van der Waals surface area contributed by atoms with Crippen molar-refractivity contribution in [1.82, 2.24) is 19.8 Å². The summed E-state index contributed by atoms with van der Waals surface area (Å²) in [6.45, 7) is 7.48. The molecule has 12 heteroatoms. The summed E-state index contributed by atoms with van der Waals surface area (Å²) in [6, 6.07) is 9.69. The molecule has 1 amide bonds. The molecule has 0 radical (unpaired) electrons. The molecule has 0 spiro atoms. The van der Waals surface area contributed by atoms with Crippen LogP contribution in [0.2, 0.25) is 0 Å². The van der Waals surface area contributed by atoms with Gasteiger partial charge in [0.15, 0.2) is 5.84 Å². The van der Waals surface area contributed by atoms with Gasteiger partial charge in [0.25, 0.3) is 5.91 Å². The number of ether oxygens (including phenoxy) is 1. The Bertz CT molecular complexity index is 1380. The smallest absolute Gasteiger partial charge is 0.287 e. The average Bonchev–Trinajstić information content (AvgIpc) is 3.49. The third-order valence-corrected chi connectivity index (χ3v) is 6.68. The van der Waals surface area contributed by atoms with E-state index in [0.717, 1.165) is 23.7 Å². The number of aromatic hydroxyl groups is 1. The van der Waals surface area contributed by atoms with Crippen LogP contribution in [-0.4, -0.2) is 82.2 Å². The topological polar surface area (TPSA) is 180 Å². The zero-order chi connectivity index (χ0) is 28.8. The van der Waals surface area contributed by atoms with Crippen LogP contribution in [0.5, 0.6) is 5.75 Å². The normalized spacial score (nSPS) is 13.7. The van der Waals surface area contributed by atoms with Crippen molar-refractivity contribution in [2.24, 2.45) is 5.92 Å². The minimum atomic E-state index is -0.665. The number of anilines is 2. The highest BCUT2D eigenvalue weighted by molar-refractivity contribution is 6.48. The SMILES string of the molecule is CC(C)C(=N)c1cc(C(=N)N(C(=N)C(=O)NCCN2CCOCC2)c2ccc(-n3ccnc3)cc2)c(O)cc1N. The Morgan fingerprint density at radius 2 is 1.85 bits per heavy atom. The van der Waals surface area contributed by atoms with Crippen molar-refractivity contribution in [2.75, 3.05) is 50.0 Å². The van der Waals surface area contributed by atoms with Crippen molar-refractivity contribution < 1.29 is 14.6 Å². The van der Waals surface area contributed by atoms with Gasteiger partial charge in [-0.1, -0.05) is 13.8 Å². The number of nitrogens with one attached hydrogen (secondary N) is 4. The molecule has 7 N–H and O–H groups in total. The van der Waals surface area contributed by atoms with E-state index in [1.54, 1.807) is 47.6 Å². The Hall–Kier alpha value is -4.55. The number of carbonyl (C=O) groups is 1. The van der Waals surface area contributed by atoms with E-state index < -0.39 is 11.7 Å². The van der Waals surface area contributed by atoms with Gasteiger partial charge in [-0.25, -0.2) is 4.98 Å². The van der Waals surface area contributed by atoms with Crippen LogP contribution in [0.15, 0.2) is 55.1 Å². The molecule has 3 aromatic rings. The number of benzene rings is 2. The minimum Gasteiger partial charge on any atom is -0.507 e. The first-order valence-electron chi connectivity index (χ1n) is 13.0. The molecule has 1 fully saturated rings. The number of hydrogen-bond donors (Lipinski definition) is 6. The molecule has 1 aliphatic heterocycles. The average molecular weight is 546 g/mol. The van der Waals surface area contributed by atoms with Crippen molar-refractivity contribution in [2.45, 2.75) is 13.8 Å². The zero-order valence-electron chi connectivity index (χ0n) is 22.6. The van der Waals surface area contributed by atoms with Gasteiger partial charge in [-0.3, -0.25) is 25.4 Å². The first-order valence-corrected chi connectivity index (χ1v) is 13.0. The van der Waals surface area contributed by atoms with Crippen LogP contribution in [0.1, 0.15) is 25.0 Å². The van der Waals surface area contributed by atoms with Crippen LogP contribution < -0.4 is 16.0 Å². The monoisotopic (exact) mass is 545 g/mol. The molecular weight excluding hydrogens is 510 g/mol. The Balaban J connectivity index is 1.64. The summed E-state index contributed by atoms with van der Waals surface area (Å²) in [6.07, 6.45) is 5.09. The number of aromatic nitrogens is 2. The summed E-state index contributed by atoms with van der Waals surface area (Å²) < 4.78 is 7.16. The molecule has 12 nitrogen and oxygen atoms in total. The number of morpholine rings is 1. The van der Waals surface area contributed by atoms with Crippen molar-refractivity contribution in [3.63, 3.8) is 0 Å². The van der Waals surface area contributed by atoms with Crippen LogP contribution in [0.25, 0.3) is 5.69 Å². The molecule has 0 aliphatic carbocycles. The quantitative estimate of drug-likeness (QED) is 0.143. The molecule has 1 aliphatic rings. The number of rotatable bonds is 8. The maximum absolute atomic E-state index is 13.1. The van der Waals surface area contributed by atoms with Crippen molar-refractivity contribution >= 4 is 34.7 Å². The molecular formula is C28H35N9O3. The number of hydrogen-bond acceptors (Lipinski definition) is 9. The fraction of sp³-hybridized carbons (Fsp3) is 0.321. The van der Waals surface area contributed by atoms with E-state index in [0.29, 0.717) is 37.6 Å². The lowest BCUT2D eigenvalue weighted by Crippen LogP contribution is -2.48. The van der Waals surface area contributed by atoms with Gasteiger partial charge in [-0.2, -0.15) is 0 Å². The molecule has 1 aromatic heterocycles. The molecule has 2 aromatic carbocycles. The highest BCUT2D eigenvalue weighted by Crippen LogP contribution is 2.29. The predicted molar refractivity (Wildman–Crippen MR) is 155 cm³/mol. The maximum Gasteiger partial charge on any atom is 0.287 e. The van der Waals surface area contributed by atoms with Gasteiger partial charge in [-0.05, 0) is 36.2 Å². The van der Waals surface area contributed by atoms with Gasteiger partial charge in [0.1, 0.15) is 11.6 Å². The summed E-state index contributed by atoms with van der Waals surface area (Å²) in [7, 11) is 0. The predicted octanol–water partition coefficient (Wildman–Crippen LogP) is 2.44. The lowest BCUT2D eigenvalue weighted by atomic mass is 9.95. The summed E-state index contributed by atoms with van der Waals surface area (Å²) in [5.41, 5.74) is 8.15. The number of phenolic OH excluding ortho intramolecular Hbond substituents is 1. The van der Waals surface area contributed by atoms with Crippen LogP contribution in [0.3, 0.4) is 0 Å². The molecule has 2 heterocycles. The van der Waals surface area contributed by atoms with Crippen LogP contribution in [0.4, 0.5) is 11.4 Å². The van der Waals surface area contributed by atoms with Crippen molar-refractivity contribution in [1.29, 1.82) is 16.2 Å². The van der Waals surface area contributed by atoms with E-state index in [-0.39, 0.29) is 34.5 Å². The molecule has 210 valence electrons. The molecule has 4 rings (SSSR count). The highest BCUT2D eigenvalue weighted by atomic mass is 16.5. The van der Waals surface area contributed by atoms with Gasteiger partial charge in [0, 0.05) is 73.0 Å². The van der Waals surface area contributed by atoms with Crippen LogP contribution in [-0.2, 0) is 9.53 Å². The van der Waals surface area contributed by atoms with Gasteiger partial charge in [0.05, 0.1) is 25.1 Å². The number of amidine groups is 2. The van der Waals surface area contributed by atoms with Crippen molar-refractivity contribution in [3.05, 3.63) is 66.2 Å². The van der Waals surface area contributed by atoms with Crippen molar-refractivity contribution in [3.8, 4) is 11.4 Å². The lowest BCUT2D eigenvalue weighted by Gasteiger charge is -2.28. The standard InChI is InChI=1S/C28H35N9O3/c1-18(2)25(30)21-15-22(24(38)16-23(21)29)26(31)37(20-5-3-19(4-6-20)36-10-7-33-17-36)27(32)28(39)34-8-9-35-11-13-40-14-12-35/h3-7,10,15-18,30-32,38H,8-9,11-14,29H2,1-2H3,(H,34,39). The van der Waals surface area contributed by atoms with Gasteiger partial charge in [0.2, 0.25) is 0 Å². The van der Waals surface area contributed by atoms with E-state index >= 15 is 0 Å². The Morgan fingerprint density at radius 1 is 1.15 bits per heavy atom. The molecule has 1 saturated heterocycles. The fourth-order valence-electron chi connectivity index (χ4n) is 4.35. The second-order valence-corrected chi connectivity index (χ2v) is 9.75. The van der Waals surface area contributed by atoms with E-state index in [1.807, 2.05) is 13.8 Å². The Kier molecular flexibility index (Phi) is 8.92. The number of amides is 1. The first-order chi connectivity index (χ1) is 19.2. The number of carbonyl (C=O) groups excluding carboxylic acids is 1. The lowest BCUT2D eigenvalue weighted by molar-refractivity contribution is -0.115. The molecule has 40 heavy (non-hydrogen) atoms. The maximum atomic E-state index is 13.1. The van der Waals surface area contributed by atoms with Gasteiger partial charge >= 0.3 is 0 Å². The summed E-state index contributed by atoms with van der Waals surface area (Å²) in [5, 5.41) is 39.8. The Labute approximate surface area is 232 Å². The highest BCUT2D eigenvalue weighted by Gasteiger charge is 2.27.